The van der Waals surface area contributed by atoms with Crippen molar-refractivity contribution in [1.29, 1.82) is 0 Å². The molecule has 4 nitrogen and oxygen atoms in total. The van der Waals surface area contributed by atoms with Crippen molar-refractivity contribution in [2.45, 2.75) is 38.1 Å². The third-order valence-electron chi connectivity index (χ3n) is 4.03. The van der Waals surface area contributed by atoms with Gasteiger partial charge in [0.1, 0.15) is 11.4 Å². The predicted octanol–water partition coefficient (Wildman–Crippen LogP) is 3.24. The van der Waals surface area contributed by atoms with Gasteiger partial charge < -0.3 is 15.0 Å². The third-order valence-corrected chi connectivity index (χ3v) is 4.03. The minimum Gasteiger partial charge on any atom is -0.496 e. The van der Waals surface area contributed by atoms with Crippen molar-refractivity contribution in [1.82, 2.24) is 10.3 Å². The number of rotatable bonds is 3. The number of amides is 1. The summed E-state index contributed by atoms with van der Waals surface area (Å²) in [5.41, 5.74) is 1.54. The number of carbonyl (C=O) groups is 1. The van der Waals surface area contributed by atoms with Crippen LogP contribution in [0.1, 0.15) is 42.6 Å². The molecule has 0 bridgehead atoms. The Morgan fingerprint density at radius 2 is 2.10 bits per heavy atom. The Bertz CT molecular complexity index is 612. The van der Waals surface area contributed by atoms with Crippen LogP contribution in [0.25, 0.3) is 10.9 Å². The van der Waals surface area contributed by atoms with E-state index >= 15 is 0 Å². The largest absolute Gasteiger partial charge is 0.496 e. The molecule has 0 aliphatic heterocycles. The molecule has 1 aromatic heterocycles. The van der Waals surface area contributed by atoms with Gasteiger partial charge in [0.25, 0.3) is 5.91 Å². The number of hydrogen-bond acceptors (Lipinski definition) is 2. The molecule has 1 fully saturated rings. The van der Waals surface area contributed by atoms with E-state index in [0.717, 1.165) is 29.5 Å². The van der Waals surface area contributed by atoms with Crippen LogP contribution in [0.4, 0.5) is 0 Å². The lowest BCUT2D eigenvalue weighted by Crippen LogP contribution is -2.36. The molecule has 0 spiro atoms. The summed E-state index contributed by atoms with van der Waals surface area (Å²) in [6, 6.07) is 7.96. The van der Waals surface area contributed by atoms with Gasteiger partial charge >= 0.3 is 0 Å². The normalized spacial score (nSPS) is 16.2. The number of ether oxygens (including phenoxy) is 1. The molecule has 20 heavy (non-hydrogen) atoms. The number of aromatic nitrogens is 1. The SMILES string of the molecule is COc1cccc2[nH]c(C(=O)NC3CCCCC3)cc12. The Labute approximate surface area is 118 Å². The lowest BCUT2D eigenvalue weighted by atomic mass is 9.95. The van der Waals surface area contributed by atoms with Gasteiger partial charge in [0.05, 0.1) is 7.11 Å². The Balaban J connectivity index is 1.80. The predicted molar refractivity (Wildman–Crippen MR) is 79.2 cm³/mol. The molecule has 1 aromatic carbocycles. The molecule has 0 unspecified atom stereocenters. The highest BCUT2D eigenvalue weighted by Gasteiger charge is 2.18. The van der Waals surface area contributed by atoms with E-state index in [4.69, 9.17) is 4.74 Å². The van der Waals surface area contributed by atoms with E-state index in [2.05, 4.69) is 10.3 Å². The van der Waals surface area contributed by atoms with E-state index in [1.165, 1.54) is 19.3 Å². The first kappa shape index (κ1) is 13.0. The maximum atomic E-state index is 12.3. The number of fused-ring (bicyclic) bond motifs is 1. The number of aromatic amines is 1. The Hall–Kier alpha value is -1.97. The van der Waals surface area contributed by atoms with Crippen LogP contribution in [0, 0.1) is 0 Å². The van der Waals surface area contributed by atoms with Gasteiger partial charge in [-0.1, -0.05) is 25.3 Å². The van der Waals surface area contributed by atoms with E-state index in [1.807, 2.05) is 24.3 Å². The summed E-state index contributed by atoms with van der Waals surface area (Å²) in [5, 5.41) is 4.07. The molecule has 1 aliphatic carbocycles. The highest BCUT2D eigenvalue weighted by Crippen LogP contribution is 2.26. The van der Waals surface area contributed by atoms with Crippen LogP contribution >= 0.6 is 0 Å². The Kier molecular flexibility index (Phi) is 3.63. The number of hydrogen-bond donors (Lipinski definition) is 2. The summed E-state index contributed by atoms with van der Waals surface area (Å²) in [4.78, 5) is 15.5. The van der Waals surface area contributed by atoms with Crippen LogP contribution in [0.15, 0.2) is 24.3 Å². The molecule has 1 aliphatic rings. The Morgan fingerprint density at radius 3 is 2.85 bits per heavy atom. The van der Waals surface area contributed by atoms with Crippen molar-refractivity contribution >= 4 is 16.8 Å². The standard InChI is InChI=1S/C16H20N2O2/c1-20-15-9-5-8-13-12(15)10-14(18-13)16(19)17-11-6-3-2-4-7-11/h5,8-11,18H,2-4,6-7H2,1H3,(H,17,19). The van der Waals surface area contributed by atoms with Crippen molar-refractivity contribution < 1.29 is 9.53 Å². The zero-order valence-corrected chi connectivity index (χ0v) is 11.7. The zero-order chi connectivity index (χ0) is 13.9. The van der Waals surface area contributed by atoms with Crippen molar-refractivity contribution in [3.63, 3.8) is 0 Å². The molecule has 2 aromatic rings. The van der Waals surface area contributed by atoms with E-state index in [9.17, 15) is 4.79 Å². The summed E-state index contributed by atoms with van der Waals surface area (Å²) in [7, 11) is 1.64. The van der Waals surface area contributed by atoms with Crippen molar-refractivity contribution in [2.75, 3.05) is 7.11 Å². The maximum absolute atomic E-state index is 12.3. The minimum absolute atomic E-state index is 0.0184. The van der Waals surface area contributed by atoms with Crippen LogP contribution in [0.3, 0.4) is 0 Å². The summed E-state index contributed by atoms with van der Waals surface area (Å²) in [6.07, 6.45) is 5.90. The minimum atomic E-state index is -0.0184. The van der Waals surface area contributed by atoms with E-state index in [-0.39, 0.29) is 5.91 Å². The Morgan fingerprint density at radius 1 is 1.30 bits per heavy atom. The summed E-state index contributed by atoms with van der Waals surface area (Å²) >= 11 is 0. The fourth-order valence-electron chi connectivity index (χ4n) is 2.94. The van der Waals surface area contributed by atoms with E-state index in [0.29, 0.717) is 11.7 Å². The second-order valence-corrected chi connectivity index (χ2v) is 5.41. The van der Waals surface area contributed by atoms with Crippen LogP contribution in [0.2, 0.25) is 0 Å². The molecular weight excluding hydrogens is 252 g/mol. The number of H-pyrrole nitrogens is 1. The summed E-state index contributed by atoms with van der Waals surface area (Å²) in [5.74, 6) is 0.769. The van der Waals surface area contributed by atoms with Gasteiger partial charge in [-0.25, -0.2) is 0 Å². The van der Waals surface area contributed by atoms with Crippen LogP contribution in [-0.2, 0) is 0 Å². The number of carbonyl (C=O) groups excluding carboxylic acids is 1. The monoisotopic (exact) mass is 272 g/mol. The molecule has 0 saturated heterocycles. The van der Waals surface area contributed by atoms with Crippen LogP contribution in [-0.4, -0.2) is 24.0 Å². The average Bonchev–Trinajstić information content (AvgIpc) is 2.92. The molecule has 4 heteroatoms. The lowest BCUT2D eigenvalue weighted by molar-refractivity contribution is 0.0923. The van der Waals surface area contributed by atoms with Gasteiger partial charge in [0, 0.05) is 16.9 Å². The quantitative estimate of drug-likeness (QED) is 0.901. The summed E-state index contributed by atoms with van der Waals surface area (Å²) < 4.78 is 5.32. The summed E-state index contributed by atoms with van der Waals surface area (Å²) in [6.45, 7) is 0. The molecule has 0 radical (unpaired) electrons. The number of nitrogens with one attached hydrogen (secondary N) is 2. The van der Waals surface area contributed by atoms with Gasteiger partial charge in [0.2, 0.25) is 0 Å². The molecule has 1 heterocycles. The second-order valence-electron chi connectivity index (χ2n) is 5.41. The average molecular weight is 272 g/mol. The van der Waals surface area contributed by atoms with Crippen LogP contribution in [0.5, 0.6) is 5.75 Å². The fraction of sp³-hybridized carbons (Fsp3) is 0.438. The van der Waals surface area contributed by atoms with E-state index in [1.54, 1.807) is 7.11 Å². The second kappa shape index (κ2) is 5.57. The molecule has 0 atom stereocenters. The first-order chi connectivity index (χ1) is 9.78. The topological polar surface area (TPSA) is 54.1 Å². The smallest absolute Gasteiger partial charge is 0.267 e. The maximum Gasteiger partial charge on any atom is 0.267 e. The molecule has 2 N–H and O–H groups in total. The highest BCUT2D eigenvalue weighted by molar-refractivity contribution is 5.99. The molecule has 3 rings (SSSR count). The fourth-order valence-corrected chi connectivity index (χ4v) is 2.94. The van der Waals surface area contributed by atoms with Crippen molar-refractivity contribution in [3.05, 3.63) is 30.0 Å². The van der Waals surface area contributed by atoms with E-state index < -0.39 is 0 Å². The number of benzene rings is 1. The van der Waals surface area contributed by atoms with Gasteiger partial charge in [-0.2, -0.15) is 0 Å². The zero-order valence-electron chi connectivity index (χ0n) is 11.7. The van der Waals surface area contributed by atoms with Gasteiger partial charge in [0.15, 0.2) is 0 Å². The van der Waals surface area contributed by atoms with Crippen molar-refractivity contribution in [3.8, 4) is 5.75 Å². The van der Waals surface area contributed by atoms with Gasteiger partial charge in [-0.15, -0.1) is 0 Å². The third kappa shape index (κ3) is 2.50. The molecule has 1 saturated carbocycles. The first-order valence-electron chi connectivity index (χ1n) is 7.24. The highest BCUT2D eigenvalue weighted by atomic mass is 16.5. The lowest BCUT2D eigenvalue weighted by Gasteiger charge is -2.22. The molecular formula is C16H20N2O2. The van der Waals surface area contributed by atoms with Gasteiger partial charge in [-0.3, -0.25) is 4.79 Å². The molecule has 106 valence electrons. The molecule has 1 amide bonds. The first-order valence-corrected chi connectivity index (χ1v) is 7.24. The van der Waals surface area contributed by atoms with Crippen LogP contribution < -0.4 is 10.1 Å². The van der Waals surface area contributed by atoms with Crippen molar-refractivity contribution in [2.24, 2.45) is 0 Å². The van der Waals surface area contributed by atoms with Gasteiger partial charge in [-0.05, 0) is 31.0 Å². The number of methoxy groups -OCH3 is 1.